The normalized spacial score (nSPS) is 17.1. The first kappa shape index (κ1) is 13.7. The zero-order valence-electron chi connectivity index (χ0n) is 8.49. The Balaban J connectivity index is 3.97. The van der Waals surface area contributed by atoms with Crippen LogP contribution in [0.2, 0.25) is 0 Å². The van der Waals surface area contributed by atoms with Gasteiger partial charge in [-0.2, -0.15) is 13.2 Å². The van der Waals surface area contributed by atoms with Crippen LogP contribution in [0, 0.1) is 5.92 Å². The summed E-state index contributed by atoms with van der Waals surface area (Å²) in [5, 5.41) is 0. The summed E-state index contributed by atoms with van der Waals surface area (Å²) in [6.45, 7) is 3.03. The largest absolute Gasteiger partial charge is 0.389 e. The molecule has 5 heteroatoms. The topological polar surface area (TPSA) is 26.0 Å². The second-order valence-electron chi connectivity index (χ2n) is 3.86. The molecule has 0 spiro atoms. The van der Waals surface area contributed by atoms with Gasteiger partial charge in [0.05, 0.1) is 0 Å². The summed E-state index contributed by atoms with van der Waals surface area (Å²) in [6, 6.07) is 0. The summed E-state index contributed by atoms with van der Waals surface area (Å²) in [4.78, 5) is 0. The molecule has 0 radical (unpaired) electrons. The van der Waals surface area contributed by atoms with E-state index in [2.05, 4.69) is 0 Å². The third kappa shape index (κ3) is 4.79. The van der Waals surface area contributed by atoms with Crippen molar-refractivity contribution >= 4 is 0 Å². The first-order valence-electron chi connectivity index (χ1n) is 4.67. The SMILES string of the molecule is CC(C)C(F)(CN)CCCC(F)(F)F. The molecule has 0 aromatic heterocycles. The van der Waals surface area contributed by atoms with Gasteiger partial charge in [-0.05, 0) is 18.8 Å². The van der Waals surface area contributed by atoms with Gasteiger partial charge in [0, 0.05) is 13.0 Å². The predicted molar refractivity (Wildman–Crippen MR) is 47.6 cm³/mol. The van der Waals surface area contributed by atoms with E-state index in [1.165, 1.54) is 0 Å². The lowest BCUT2D eigenvalue weighted by Crippen LogP contribution is -2.38. The van der Waals surface area contributed by atoms with Crippen LogP contribution >= 0.6 is 0 Å². The van der Waals surface area contributed by atoms with E-state index in [-0.39, 0.29) is 25.3 Å². The average molecular weight is 215 g/mol. The van der Waals surface area contributed by atoms with Crippen LogP contribution in [0.25, 0.3) is 0 Å². The minimum absolute atomic E-state index is 0.124. The molecule has 0 amide bonds. The van der Waals surface area contributed by atoms with E-state index in [4.69, 9.17) is 5.73 Å². The third-order valence-electron chi connectivity index (χ3n) is 2.43. The molecule has 0 rings (SSSR count). The van der Waals surface area contributed by atoms with Gasteiger partial charge in [0.1, 0.15) is 5.67 Å². The van der Waals surface area contributed by atoms with Crippen LogP contribution < -0.4 is 5.73 Å². The van der Waals surface area contributed by atoms with Crippen LogP contribution in [-0.4, -0.2) is 18.4 Å². The van der Waals surface area contributed by atoms with Gasteiger partial charge >= 0.3 is 6.18 Å². The van der Waals surface area contributed by atoms with E-state index < -0.39 is 18.3 Å². The maximum atomic E-state index is 13.7. The van der Waals surface area contributed by atoms with Gasteiger partial charge in [0.15, 0.2) is 0 Å². The third-order valence-corrected chi connectivity index (χ3v) is 2.43. The summed E-state index contributed by atoms with van der Waals surface area (Å²) in [5.74, 6) is -0.347. The van der Waals surface area contributed by atoms with Gasteiger partial charge in [0.25, 0.3) is 0 Å². The first-order valence-corrected chi connectivity index (χ1v) is 4.67. The highest BCUT2D eigenvalue weighted by Crippen LogP contribution is 2.30. The van der Waals surface area contributed by atoms with Crippen molar-refractivity contribution in [3.8, 4) is 0 Å². The number of hydrogen-bond acceptors (Lipinski definition) is 1. The van der Waals surface area contributed by atoms with Crippen molar-refractivity contribution < 1.29 is 17.6 Å². The highest BCUT2D eigenvalue weighted by Gasteiger charge is 2.34. The molecule has 1 atom stereocenters. The molecular weight excluding hydrogens is 198 g/mol. The smallest absolute Gasteiger partial charge is 0.328 e. The zero-order valence-corrected chi connectivity index (χ0v) is 8.49. The Hall–Kier alpha value is -0.320. The Bertz CT molecular complexity index is 167. The summed E-state index contributed by atoms with van der Waals surface area (Å²) >= 11 is 0. The van der Waals surface area contributed by atoms with Crippen molar-refractivity contribution in [2.45, 2.75) is 45.0 Å². The number of halogens is 4. The van der Waals surface area contributed by atoms with Gasteiger partial charge in [-0.3, -0.25) is 0 Å². The van der Waals surface area contributed by atoms with E-state index in [9.17, 15) is 17.6 Å². The number of rotatable bonds is 5. The molecule has 0 aromatic carbocycles. The Labute approximate surface area is 81.7 Å². The highest BCUT2D eigenvalue weighted by atomic mass is 19.4. The molecule has 0 saturated carbocycles. The van der Waals surface area contributed by atoms with E-state index in [0.29, 0.717) is 0 Å². The first-order chi connectivity index (χ1) is 6.21. The van der Waals surface area contributed by atoms with Crippen LogP contribution in [0.3, 0.4) is 0 Å². The summed E-state index contributed by atoms with van der Waals surface area (Å²) in [6.07, 6.45) is -5.46. The van der Waals surface area contributed by atoms with Gasteiger partial charge in [-0.15, -0.1) is 0 Å². The summed E-state index contributed by atoms with van der Waals surface area (Å²) < 4.78 is 49.1. The standard InChI is InChI=1S/C9H17F4N/c1-7(2)8(10,6-14)4-3-5-9(11,12)13/h7H,3-6,14H2,1-2H3. The van der Waals surface area contributed by atoms with Crippen LogP contribution in [0.5, 0.6) is 0 Å². The van der Waals surface area contributed by atoms with Crippen LogP contribution in [0.15, 0.2) is 0 Å². The van der Waals surface area contributed by atoms with Gasteiger partial charge in [-0.1, -0.05) is 13.8 Å². The molecule has 86 valence electrons. The zero-order chi connectivity index (χ0) is 11.4. The highest BCUT2D eigenvalue weighted by molar-refractivity contribution is 4.83. The fourth-order valence-corrected chi connectivity index (χ4v) is 1.21. The minimum Gasteiger partial charge on any atom is -0.328 e. The predicted octanol–water partition coefficient (Wildman–Crippen LogP) is 3.04. The molecular formula is C9H17F4N. The molecule has 0 aliphatic carbocycles. The number of nitrogens with two attached hydrogens (primary N) is 1. The lowest BCUT2D eigenvalue weighted by molar-refractivity contribution is -0.137. The molecule has 0 heterocycles. The van der Waals surface area contributed by atoms with E-state index >= 15 is 0 Å². The quantitative estimate of drug-likeness (QED) is 0.701. The monoisotopic (exact) mass is 215 g/mol. The average Bonchev–Trinajstić information content (AvgIpc) is 2.01. The van der Waals surface area contributed by atoms with Crippen molar-refractivity contribution in [1.82, 2.24) is 0 Å². The van der Waals surface area contributed by atoms with Crippen molar-refractivity contribution in [2.75, 3.05) is 6.54 Å². The Kier molecular flexibility index (Phi) is 4.84. The van der Waals surface area contributed by atoms with E-state index in [1.54, 1.807) is 13.8 Å². The fraction of sp³-hybridized carbons (Fsp3) is 1.00. The van der Waals surface area contributed by atoms with E-state index in [1.807, 2.05) is 0 Å². The lowest BCUT2D eigenvalue weighted by Gasteiger charge is -2.27. The molecule has 0 aromatic rings. The summed E-state index contributed by atoms with van der Waals surface area (Å²) in [7, 11) is 0. The van der Waals surface area contributed by atoms with Crippen molar-refractivity contribution in [1.29, 1.82) is 0 Å². The van der Waals surface area contributed by atoms with Crippen LogP contribution in [0.4, 0.5) is 17.6 Å². The molecule has 14 heavy (non-hydrogen) atoms. The number of alkyl halides is 4. The second-order valence-corrected chi connectivity index (χ2v) is 3.86. The molecule has 1 nitrogen and oxygen atoms in total. The van der Waals surface area contributed by atoms with Gasteiger partial charge in [0.2, 0.25) is 0 Å². The van der Waals surface area contributed by atoms with Gasteiger partial charge < -0.3 is 5.73 Å². The molecule has 0 fully saturated rings. The molecule has 0 aliphatic heterocycles. The lowest BCUT2D eigenvalue weighted by atomic mass is 9.87. The van der Waals surface area contributed by atoms with Crippen LogP contribution in [0.1, 0.15) is 33.1 Å². The number of hydrogen-bond donors (Lipinski definition) is 1. The molecule has 1 unspecified atom stereocenters. The Morgan fingerprint density at radius 2 is 1.57 bits per heavy atom. The van der Waals surface area contributed by atoms with Gasteiger partial charge in [-0.25, -0.2) is 4.39 Å². The van der Waals surface area contributed by atoms with Crippen molar-refractivity contribution in [3.05, 3.63) is 0 Å². The fourth-order valence-electron chi connectivity index (χ4n) is 1.21. The molecule has 0 saturated heterocycles. The Morgan fingerprint density at radius 3 is 1.86 bits per heavy atom. The van der Waals surface area contributed by atoms with Crippen molar-refractivity contribution in [3.63, 3.8) is 0 Å². The van der Waals surface area contributed by atoms with Crippen molar-refractivity contribution in [2.24, 2.45) is 11.7 Å². The molecule has 0 bridgehead atoms. The Morgan fingerprint density at radius 1 is 1.07 bits per heavy atom. The van der Waals surface area contributed by atoms with E-state index in [0.717, 1.165) is 0 Å². The molecule has 0 aliphatic rings. The molecule has 2 N–H and O–H groups in total. The second kappa shape index (κ2) is 4.96. The maximum absolute atomic E-state index is 13.7. The van der Waals surface area contributed by atoms with Crippen LogP contribution in [-0.2, 0) is 0 Å². The summed E-state index contributed by atoms with van der Waals surface area (Å²) in [5.41, 5.74) is 3.54. The minimum atomic E-state index is -4.20. The maximum Gasteiger partial charge on any atom is 0.389 e.